The molecule has 0 unspecified atom stereocenters. The first-order chi connectivity index (χ1) is 14.0. The van der Waals surface area contributed by atoms with Gasteiger partial charge in [-0.15, -0.1) is 0 Å². The van der Waals surface area contributed by atoms with Crippen molar-refractivity contribution in [3.8, 4) is 5.75 Å². The molecule has 2 aliphatic rings. The molecule has 1 saturated carbocycles. The molecule has 4 heteroatoms. The smallest absolute Gasteiger partial charge is 0.126 e. The van der Waals surface area contributed by atoms with Crippen LogP contribution < -0.4 is 4.74 Å². The molecule has 5 atom stereocenters. The number of ether oxygens (including phenoxy) is 1. The maximum absolute atomic E-state index is 10.6. The van der Waals surface area contributed by atoms with Gasteiger partial charge < -0.3 is 19.8 Å². The third-order valence-electron chi connectivity index (χ3n) is 6.45. The first-order valence-electron chi connectivity index (χ1n) is 11.5. The molecular weight excluding hydrogens is 362 g/mol. The van der Waals surface area contributed by atoms with E-state index in [1.54, 1.807) is 0 Å². The van der Waals surface area contributed by atoms with Crippen LogP contribution in [0.5, 0.6) is 5.75 Å². The molecule has 2 N–H and O–H groups in total. The van der Waals surface area contributed by atoms with Crippen molar-refractivity contribution in [1.29, 1.82) is 0 Å². The van der Waals surface area contributed by atoms with Gasteiger partial charge in [-0.1, -0.05) is 56.5 Å². The summed E-state index contributed by atoms with van der Waals surface area (Å²) in [5.41, 5.74) is 2.54. The summed E-state index contributed by atoms with van der Waals surface area (Å²) in [6.07, 6.45) is 11.4. The van der Waals surface area contributed by atoms with Crippen molar-refractivity contribution < 1.29 is 14.9 Å². The Hall–Kier alpha value is -1.36. The van der Waals surface area contributed by atoms with E-state index >= 15 is 0 Å². The van der Waals surface area contributed by atoms with E-state index in [1.165, 1.54) is 17.5 Å². The van der Waals surface area contributed by atoms with Crippen molar-refractivity contribution in [2.45, 2.75) is 82.5 Å². The van der Waals surface area contributed by atoms with Crippen LogP contribution in [0.2, 0.25) is 0 Å². The van der Waals surface area contributed by atoms with E-state index in [4.69, 9.17) is 4.74 Å². The second-order valence-corrected chi connectivity index (χ2v) is 9.11. The molecule has 0 radical (unpaired) electrons. The largest absolute Gasteiger partial charge is 0.489 e. The number of aliphatic hydroxyl groups is 2. The fourth-order valence-electron chi connectivity index (χ4n) is 4.86. The van der Waals surface area contributed by atoms with E-state index in [0.717, 1.165) is 50.8 Å². The van der Waals surface area contributed by atoms with E-state index in [0.29, 0.717) is 6.42 Å². The highest BCUT2D eigenvalue weighted by atomic mass is 16.5. The van der Waals surface area contributed by atoms with Crippen molar-refractivity contribution in [2.24, 2.45) is 5.92 Å². The maximum atomic E-state index is 10.6. The molecular formula is C25H39NO3. The Labute approximate surface area is 176 Å². The minimum Gasteiger partial charge on any atom is -0.489 e. The average molecular weight is 402 g/mol. The number of aryl methyl sites for hydroxylation is 1. The number of rotatable bonds is 11. The van der Waals surface area contributed by atoms with Crippen molar-refractivity contribution in [2.75, 3.05) is 20.6 Å². The molecule has 1 fully saturated rings. The van der Waals surface area contributed by atoms with Crippen LogP contribution in [-0.4, -0.2) is 54.1 Å². The SMILES string of the molecule is CCCCC[C@H](O)/C=C/[C@@H]1[C@H]2c3cccc(CCCCN(C)C)c3O[C@H]2C[C@H]1O. The Morgan fingerprint density at radius 3 is 2.79 bits per heavy atom. The van der Waals surface area contributed by atoms with Crippen molar-refractivity contribution in [3.05, 3.63) is 41.5 Å². The average Bonchev–Trinajstić information content (AvgIpc) is 3.19. The van der Waals surface area contributed by atoms with Gasteiger partial charge in [-0.25, -0.2) is 0 Å². The van der Waals surface area contributed by atoms with Gasteiger partial charge in [0.05, 0.1) is 12.2 Å². The second kappa shape index (κ2) is 10.6. The Balaban J connectivity index is 1.66. The van der Waals surface area contributed by atoms with Crippen molar-refractivity contribution in [1.82, 2.24) is 4.90 Å². The van der Waals surface area contributed by atoms with Crippen LogP contribution in [-0.2, 0) is 6.42 Å². The summed E-state index contributed by atoms with van der Waals surface area (Å²) in [5.74, 6) is 1.27. The van der Waals surface area contributed by atoms with Crippen molar-refractivity contribution in [3.63, 3.8) is 0 Å². The lowest BCUT2D eigenvalue weighted by Crippen LogP contribution is -2.17. The molecule has 1 heterocycles. The lowest BCUT2D eigenvalue weighted by molar-refractivity contribution is 0.135. The van der Waals surface area contributed by atoms with Crippen molar-refractivity contribution >= 4 is 0 Å². The molecule has 0 saturated heterocycles. The topological polar surface area (TPSA) is 52.9 Å². The predicted octanol–water partition coefficient (Wildman–Crippen LogP) is 4.29. The first-order valence-corrected chi connectivity index (χ1v) is 11.5. The lowest BCUT2D eigenvalue weighted by atomic mass is 9.86. The molecule has 0 amide bonds. The summed E-state index contributed by atoms with van der Waals surface area (Å²) in [4.78, 5) is 2.23. The van der Waals surface area contributed by atoms with Gasteiger partial charge in [0.15, 0.2) is 0 Å². The van der Waals surface area contributed by atoms with Gasteiger partial charge in [-0.3, -0.25) is 0 Å². The lowest BCUT2D eigenvalue weighted by Gasteiger charge is -2.18. The number of benzene rings is 1. The predicted molar refractivity (Wildman–Crippen MR) is 118 cm³/mol. The van der Waals surface area contributed by atoms with Crippen LogP contribution in [0.15, 0.2) is 30.4 Å². The normalized spacial score (nSPS) is 26.7. The molecule has 0 bridgehead atoms. The van der Waals surface area contributed by atoms with Crippen LogP contribution in [0.1, 0.15) is 68.9 Å². The highest BCUT2D eigenvalue weighted by molar-refractivity contribution is 5.49. The van der Waals surface area contributed by atoms with E-state index in [1.807, 2.05) is 12.2 Å². The third kappa shape index (κ3) is 5.62. The standard InChI is InChI=1S/C25H39NO3/c1-4-5-6-12-19(27)14-15-20-22(28)17-23-24(20)21-13-9-11-18(25(21)29-23)10-7-8-16-26(2)3/h9,11,13-15,19-20,22-24,27-28H,4-8,10,12,16-17H2,1-3H3/b15-14+/t19-,20-,22+,23-,24-/m0/s1. The number of unbranched alkanes of at least 4 members (excludes halogenated alkanes) is 3. The number of fused-ring (bicyclic) bond motifs is 3. The molecule has 1 aliphatic heterocycles. The fourth-order valence-corrected chi connectivity index (χ4v) is 4.86. The number of nitrogens with zero attached hydrogens (tertiary/aromatic N) is 1. The summed E-state index contributed by atoms with van der Waals surface area (Å²) in [6.45, 7) is 3.28. The second-order valence-electron chi connectivity index (χ2n) is 9.11. The summed E-state index contributed by atoms with van der Waals surface area (Å²) in [7, 11) is 4.23. The number of para-hydroxylation sites is 1. The van der Waals surface area contributed by atoms with Crippen LogP contribution >= 0.6 is 0 Å². The van der Waals surface area contributed by atoms with Gasteiger partial charge in [0.2, 0.25) is 0 Å². The van der Waals surface area contributed by atoms with Gasteiger partial charge in [-0.05, 0) is 51.9 Å². The van der Waals surface area contributed by atoms with E-state index < -0.39 is 12.2 Å². The Bertz CT molecular complexity index is 672. The number of hydrogen-bond donors (Lipinski definition) is 2. The highest BCUT2D eigenvalue weighted by Crippen LogP contribution is 2.52. The summed E-state index contributed by atoms with van der Waals surface area (Å²) in [6, 6.07) is 6.49. The van der Waals surface area contributed by atoms with E-state index in [2.05, 4.69) is 44.1 Å². The van der Waals surface area contributed by atoms with E-state index in [9.17, 15) is 10.2 Å². The minimum atomic E-state index is -0.419. The molecule has 1 aromatic rings. The Morgan fingerprint density at radius 1 is 1.21 bits per heavy atom. The van der Waals surface area contributed by atoms with Crippen LogP contribution in [0.4, 0.5) is 0 Å². The summed E-state index contributed by atoms with van der Waals surface area (Å²) < 4.78 is 6.36. The molecule has 1 aliphatic carbocycles. The molecule has 3 rings (SSSR count). The number of aliphatic hydroxyl groups excluding tert-OH is 2. The maximum Gasteiger partial charge on any atom is 0.126 e. The third-order valence-corrected chi connectivity index (χ3v) is 6.45. The first kappa shape index (κ1) is 22.3. The van der Waals surface area contributed by atoms with Gasteiger partial charge >= 0.3 is 0 Å². The van der Waals surface area contributed by atoms with Gasteiger partial charge in [-0.2, -0.15) is 0 Å². The minimum absolute atomic E-state index is 0.0195. The summed E-state index contributed by atoms with van der Waals surface area (Å²) >= 11 is 0. The Kier molecular flexibility index (Phi) is 8.16. The van der Waals surface area contributed by atoms with E-state index in [-0.39, 0.29) is 17.9 Å². The van der Waals surface area contributed by atoms with Gasteiger partial charge in [0.1, 0.15) is 11.9 Å². The molecule has 162 valence electrons. The molecule has 0 spiro atoms. The monoisotopic (exact) mass is 401 g/mol. The zero-order valence-electron chi connectivity index (χ0n) is 18.4. The van der Waals surface area contributed by atoms with Crippen LogP contribution in [0.25, 0.3) is 0 Å². The van der Waals surface area contributed by atoms with Gasteiger partial charge in [0.25, 0.3) is 0 Å². The van der Waals surface area contributed by atoms with Crippen LogP contribution in [0, 0.1) is 5.92 Å². The number of hydrogen-bond acceptors (Lipinski definition) is 4. The Morgan fingerprint density at radius 2 is 2.03 bits per heavy atom. The molecule has 0 aromatic heterocycles. The zero-order chi connectivity index (χ0) is 20.8. The van der Waals surface area contributed by atoms with Gasteiger partial charge in [0, 0.05) is 23.8 Å². The van der Waals surface area contributed by atoms with Crippen LogP contribution in [0.3, 0.4) is 0 Å². The summed E-state index contributed by atoms with van der Waals surface area (Å²) in [5, 5.41) is 20.9. The highest BCUT2D eigenvalue weighted by Gasteiger charge is 2.48. The zero-order valence-corrected chi connectivity index (χ0v) is 18.4. The molecule has 29 heavy (non-hydrogen) atoms. The molecule has 1 aromatic carbocycles. The molecule has 4 nitrogen and oxygen atoms in total. The fraction of sp³-hybridized carbons (Fsp3) is 0.680. The quantitative estimate of drug-likeness (QED) is 0.429.